The number of pyridine rings is 1. The zero-order chi connectivity index (χ0) is 10.7. The lowest BCUT2D eigenvalue weighted by molar-refractivity contribution is 0.463. The first kappa shape index (κ1) is 10.3. The van der Waals surface area contributed by atoms with Gasteiger partial charge in [-0.25, -0.2) is 4.98 Å². The molecule has 0 bridgehead atoms. The number of nitrogens with zero attached hydrogens (tertiary/aromatic N) is 1. The van der Waals surface area contributed by atoms with E-state index >= 15 is 0 Å². The normalized spacial score (nSPS) is 10.0. The Kier molecular flexibility index (Phi) is 3.09. The Morgan fingerprint density at radius 3 is 2.80 bits per heavy atom. The van der Waals surface area contributed by atoms with Gasteiger partial charge in [0.25, 0.3) is 0 Å². The minimum Gasteiger partial charge on any atom is -0.437 e. The van der Waals surface area contributed by atoms with E-state index in [0.29, 0.717) is 21.7 Å². The Hall–Kier alpha value is -1.25. The van der Waals surface area contributed by atoms with E-state index in [-0.39, 0.29) is 0 Å². The van der Waals surface area contributed by atoms with E-state index in [1.165, 1.54) is 6.20 Å². The highest BCUT2D eigenvalue weighted by Crippen LogP contribution is 2.33. The van der Waals surface area contributed by atoms with Crippen LogP contribution in [-0.4, -0.2) is 4.98 Å². The molecular formula is C11H6Cl2NO. The van der Waals surface area contributed by atoms with Crippen LogP contribution in [0.25, 0.3) is 0 Å². The summed E-state index contributed by atoms with van der Waals surface area (Å²) < 4.78 is 5.44. The molecule has 0 aliphatic heterocycles. The minimum absolute atomic E-state index is 0.383. The summed E-state index contributed by atoms with van der Waals surface area (Å²) in [6.07, 6.45) is 1.52. The first-order valence-corrected chi connectivity index (χ1v) is 4.97. The van der Waals surface area contributed by atoms with Crippen LogP contribution in [0.4, 0.5) is 0 Å². The maximum Gasteiger partial charge on any atom is 0.219 e. The highest BCUT2D eigenvalue weighted by molar-refractivity contribution is 6.42. The first-order chi connectivity index (χ1) is 7.27. The Morgan fingerprint density at radius 2 is 2.07 bits per heavy atom. The van der Waals surface area contributed by atoms with Gasteiger partial charge in [0.1, 0.15) is 10.8 Å². The van der Waals surface area contributed by atoms with Gasteiger partial charge in [-0.05, 0) is 18.2 Å². The summed E-state index contributed by atoms with van der Waals surface area (Å²) in [5.41, 5.74) is 0. The predicted molar refractivity (Wildman–Crippen MR) is 59.6 cm³/mol. The lowest BCUT2D eigenvalue weighted by atomic mass is 10.3. The SMILES string of the molecule is Clc1cccc(Oc2cc[c]cn2)c1Cl. The second kappa shape index (κ2) is 4.51. The molecule has 15 heavy (non-hydrogen) atoms. The van der Waals surface area contributed by atoms with Crippen molar-refractivity contribution in [2.75, 3.05) is 0 Å². The number of hydrogen-bond donors (Lipinski definition) is 0. The maximum absolute atomic E-state index is 5.95. The van der Waals surface area contributed by atoms with Gasteiger partial charge < -0.3 is 4.74 Å². The number of hydrogen-bond acceptors (Lipinski definition) is 2. The zero-order valence-electron chi connectivity index (χ0n) is 7.58. The van der Waals surface area contributed by atoms with Crippen LogP contribution in [-0.2, 0) is 0 Å². The highest BCUT2D eigenvalue weighted by Gasteiger charge is 2.06. The van der Waals surface area contributed by atoms with Crippen molar-refractivity contribution < 1.29 is 4.74 Å². The minimum atomic E-state index is 0.383. The van der Waals surface area contributed by atoms with Gasteiger partial charge in [0, 0.05) is 18.3 Å². The van der Waals surface area contributed by atoms with Gasteiger partial charge in [0.05, 0.1) is 5.02 Å². The van der Waals surface area contributed by atoms with E-state index in [9.17, 15) is 0 Å². The molecule has 0 unspecified atom stereocenters. The predicted octanol–water partition coefficient (Wildman–Crippen LogP) is 3.98. The zero-order valence-corrected chi connectivity index (χ0v) is 9.09. The average Bonchev–Trinajstić information content (AvgIpc) is 2.26. The molecule has 1 radical (unpaired) electrons. The van der Waals surface area contributed by atoms with Gasteiger partial charge in [-0.1, -0.05) is 29.3 Å². The monoisotopic (exact) mass is 238 g/mol. The van der Waals surface area contributed by atoms with Crippen molar-refractivity contribution in [3.8, 4) is 11.6 Å². The second-order valence-electron chi connectivity index (χ2n) is 2.75. The summed E-state index contributed by atoms with van der Waals surface area (Å²) in [7, 11) is 0. The molecule has 0 fully saturated rings. The summed E-state index contributed by atoms with van der Waals surface area (Å²) >= 11 is 11.8. The summed E-state index contributed by atoms with van der Waals surface area (Å²) in [6, 6.07) is 11.4. The van der Waals surface area contributed by atoms with Crippen molar-refractivity contribution >= 4 is 23.2 Å². The summed E-state index contributed by atoms with van der Waals surface area (Å²) in [6.45, 7) is 0. The molecule has 0 spiro atoms. The Labute approximate surface area is 97.4 Å². The molecule has 0 amide bonds. The number of rotatable bonds is 2. The fourth-order valence-corrected chi connectivity index (χ4v) is 1.37. The summed E-state index contributed by atoms with van der Waals surface area (Å²) in [5, 5.41) is 0.838. The van der Waals surface area contributed by atoms with Crippen LogP contribution < -0.4 is 4.74 Å². The van der Waals surface area contributed by atoms with Gasteiger partial charge in [0.15, 0.2) is 0 Å². The molecule has 2 aromatic rings. The summed E-state index contributed by atoms with van der Waals surface area (Å²) in [5.74, 6) is 0.945. The molecule has 2 rings (SSSR count). The Morgan fingerprint density at radius 1 is 1.20 bits per heavy atom. The molecular weight excluding hydrogens is 233 g/mol. The third-order valence-corrected chi connectivity index (χ3v) is 2.52. The largest absolute Gasteiger partial charge is 0.437 e. The van der Waals surface area contributed by atoms with Gasteiger partial charge in [-0.15, -0.1) is 0 Å². The van der Waals surface area contributed by atoms with Crippen LogP contribution in [0, 0.1) is 6.07 Å². The highest BCUT2D eigenvalue weighted by atomic mass is 35.5. The number of halogens is 2. The number of benzene rings is 1. The van der Waals surface area contributed by atoms with Crippen LogP contribution in [0.1, 0.15) is 0 Å². The smallest absolute Gasteiger partial charge is 0.219 e. The second-order valence-corrected chi connectivity index (χ2v) is 3.54. The lowest BCUT2D eigenvalue weighted by Crippen LogP contribution is -1.87. The maximum atomic E-state index is 5.95. The molecule has 1 aromatic heterocycles. The third-order valence-electron chi connectivity index (χ3n) is 1.72. The van der Waals surface area contributed by atoms with E-state index in [4.69, 9.17) is 27.9 Å². The average molecular weight is 239 g/mol. The standard InChI is InChI=1S/C11H6Cl2NO/c12-8-4-3-5-9(11(8)13)15-10-6-1-2-7-14-10/h1,3-7H. The molecule has 0 atom stereocenters. The molecule has 75 valence electrons. The molecule has 0 N–H and O–H groups in total. The summed E-state index contributed by atoms with van der Waals surface area (Å²) in [4.78, 5) is 3.97. The van der Waals surface area contributed by atoms with Crippen LogP contribution in [0.15, 0.2) is 36.5 Å². The van der Waals surface area contributed by atoms with Crippen LogP contribution in [0.3, 0.4) is 0 Å². The number of ether oxygens (including phenoxy) is 1. The molecule has 0 saturated heterocycles. The van der Waals surface area contributed by atoms with Gasteiger partial charge >= 0.3 is 0 Å². The molecule has 0 saturated carbocycles. The van der Waals surface area contributed by atoms with Gasteiger partial charge in [-0.2, -0.15) is 0 Å². The van der Waals surface area contributed by atoms with E-state index in [2.05, 4.69) is 11.1 Å². The van der Waals surface area contributed by atoms with E-state index in [0.717, 1.165) is 0 Å². The molecule has 1 heterocycles. The van der Waals surface area contributed by atoms with Gasteiger partial charge in [-0.3, -0.25) is 0 Å². The molecule has 1 aromatic carbocycles. The fraction of sp³-hybridized carbons (Fsp3) is 0. The van der Waals surface area contributed by atoms with E-state index in [1.54, 1.807) is 30.3 Å². The molecule has 4 heteroatoms. The van der Waals surface area contributed by atoms with Crippen LogP contribution in [0.2, 0.25) is 10.0 Å². The Balaban J connectivity index is 2.29. The van der Waals surface area contributed by atoms with Crippen LogP contribution >= 0.6 is 23.2 Å². The molecule has 0 aliphatic rings. The van der Waals surface area contributed by atoms with Crippen molar-refractivity contribution in [1.82, 2.24) is 4.98 Å². The van der Waals surface area contributed by atoms with Gasteiger partial charge in [0.2, 0.25) is 5.88 Å². The quantitative estimate of drug-likeness (QED) is 0.790. The van der Waals surface area contributed by atoms with Crippen molar-refractivity contribution in [2.24, 2.45) is 0 Å². The van der Waals surface area contributed by atoms with Crippen molar-refractivity contribution in [3.63, 3.8) is 0 Å². The molecule has 2 nitrogen and oxygen atoms in total. The number of aromatic nitrogens is 1. The first-order valence-electron chi connectivity index (χ1n) is 4.21. The lowest BCUT2D eigenvalue weighted by Gasteiger charge is -2.06. The van der Waals surface area contributed by atoms with Crippen molar-refractivity contribution in [3.05, 3.63) is 52.6 Å². The van der Waals surface area contributed by atoms with E-state index < -0.39 is 0 Å². The fourth-order valence-electron chi connectivity index (χ4n) is 1.04. The third kappa shape index (κ3) is 2.41. The Bertz CT molecular complexity index is 459. The van der Waals surface area contributed by atoms with Crippen molar-refractivity contribution in [2.45, 2.75) is 0 Å². The molecule has 0 aliphatic carbocycles. The van der Waals surface area contributed by atoms with Crippen LogP contribution in [0.5, 0.6) is 11.6 Å². The van der Waals surface area contributed by atoms with E-state index in [1.807, 2.05) is 0 Å². The topological polar surface area (TPSA) is 22.1 Å². The van der Waals surface area contributed by atoms with Crippen molar-refractivity contribution in [1.29, 1.82) is 0 Å².